The Labute approximate surface area is 127 Å². The van der Waals surface area contributed by atoms with Crippen LogP contribution in [0.15, 0.2) is 23.1 Å². The maximum atomic E-state index is 13.3. The number of anilines is 1. The first kappa shape index (κ1) is 15.9. The third kappa shape index (κ3) is 3.39. The van der Waals surface area contributed by atoms with Crippen molar-refractivity contribution in [1.29, 1.82) is 0 Å². The lowest BCUT2D eigenvalue weighted by Gasteiger charge is -2.09. The van der Waals surface area contributed by atoms with Crippen molar-refractivity contribution in [2.45, 2.75) is 31.7 Å². The molecule has 0 bridgehead atoms. The predicted molar refractivity (Wildman–Crippen MR) is 81.3 cm³/mol. The smallest absolute Gasteiger partial charge is 0.264 e. The lowest BCUT2D eigenvalue weighted by molar-refractivity contribution is 0.593. The molecule has 1 aromatic heterocycles. The third-order valence-electron chi connectivity index (χ3n) is 2.99. The van der Waals surface area contributed by atoms with E-state index in [0.717, 1.165) is 23.1 Å². The van der Waals surface area contributed by atoms with Crippen LogP contribution in [0, 0.1) is 12.7 Å². The summed E-state index contributed by atoms with van der Waals surface area (Å²) in [5.41, 5.74) is 6.71. The predicted octanol–water partition coefficient (Wildman–Crippen LogP) is 2.41. The van der Waals surface area contributed by atoms with Crippen molar-refractivity contribution in [2.24, 2.45) is 5.73 Å². The Morgan fingerprint density at radius 2 is 2.14 bits per heavy atom. The summed E-state index contributed by atoms with van der Waals surface area (Å²) in [5.74, 6) is -0.628. The van der Waals surface area contributed by atoms with Crippen molar-refractivity contribution in [1.82, 2.24) is 4.98 Å². The molecular weight excluding hydrogens is 313 g/mol. The highest BCUT2D eigenvalue weighted by Crippen LogP contribution is 2.26. The van der Waals surface area contributed by atoms with Gasteiger partial charge in [-0.3, -0.25) is 4.72 Å². The highest BCUT2D eigenvalue weighted by molar-refractivity contribution is 7.93. The molecule has 0 aliphatic carbocycles. The van der Waals surface area contributed by atoms with Crippen molar-refractivity contribution in [2.75, 3.05) is 4.72 Å². The molecule has 5 nitrogen and oxygen atoms in total. The molecule has 114 valence electrons. The van der Waals surface area contributed by atoms with Gasteiger partial charge in [0.15, 0.2) is 5.13 Å². The van der Waals surface area contributed by atoms with Crippen LogP contribution in [0.5, 0.6) is 0 Å². The number of aryl methyl sites for hydroxylation is 2. The van der Waals surface area contributed by atoms with Crippen LogP contribution < -0.4 is 10.5 Å². The lowest BCUT2D eigenvalue weighted by Crippen LogP contribution is -2.16. The van der Waals surface area contributed by atoms with Crippen molar-refractivity contribution in [3.05, 3.63) is 40.2 Å². The van der Waals surface area contributed by atoms with Gasteiger partial charge in [0, 0.05) is 11.4 Å². The second-order valence-electron chi connectivity index (χ2n) is 4.44. The Morgan fingerprint density at radius 3 is 2.71 bits per heavy atom. The summed E-state index contributed by atoms with van der Waals surface area (Å²) in [7, 11) is -3.91. The first-order valence-corrected chi connectivity index (χ1v) is 8.65. The number of halogens is 1. The van der Waals surface area contributed by atoms with E-state index < -0.39 is 15.8 Å². The molecule has 0 amide bonds. The number of sulfonamides is 1. The largest absolute Gasteiger partial charge is 0.326 e. The van der Waals surface area contributed by atoms with Gasteiger partial charge >= 0.3 is 0 Å². The maximum absolute atomic E-state index is 13.3. The van der Waals surface area contributed by atoms with Gasteiger partial charge in [-0.2, -0.15) is 0 Å². The number of hydrogen-bond acceptors (Lipinski definition) is 5. The summed E-state index contributed by atoms with van der Waals surface area (Å²) in [6, 6.07) is 3.52. The summed E-state index contributed by atoms with van der Waals surface area (Å²) in [6.07, 6.45) is 0.720. The van der Waals surface area contributed by atoms with E-state index in [1.165, 1.54) is 23.5 Å². The van der Waals surface area contributed by atoms with Crippen molar-refractivity contribution in [3.63, 3.8) is 0 Å². The third-order valence-corrected chi connectivity index (χ3v) is 5.47. The fraction of sp³-hybridized carbons (Fsp3) is 0.308. The van der Waals surface area contributed by atoms with E-state index in [-0.39, 0.29) is 16.6 Å². The van der Waals surface area contributed by atoms with E-state index in [0.29, 0.717) is 5.56 Å². The normalized spacial score (nSPS) is 11.6. The molecule has 0 unspecified atom stereocenters. The SMILES string of the molecule is CCc1nc(NS(=O)(=O)c2cc(F)ccc2CN)sc1C. The molecule has 2 rings (SSSR count). The molecule has 0 radical (unpaired) electrons. The second-order valence-corrected chi connectivity index (χ2v) is 7.29. The number of thiazole rings is 1. The summed E-state index contributed by atoms with van der Waals surface area (Å²) in [6.45, 7) is 3.83. The second kappa shape index (κ2) is 6.08. The maximum Gasteiger partial charge on any atom is 0.264 e. The van der Waals surface area contributed by atoms with Gasteiger partial charge in [0.2, 0.25) is 0 Å². The molecule has 8 heteroatoms. The minimum Gasteiger partial charge on any atom is -0.326 e. The molecular formula is C13H16FN3O2S2. The highest BCUT2D eigenvalue weighted by Gasteiger charge is 2.21. The van der Waals surface area contributed by atoms with Gasteiger partial charge in [0.05, 0.1) is 10.6 Å². The van der Waals surface area contributed by atoms with Gasteiger partial charge in [-0.1, -0.05) is 13.0 Å². The van der Waals surface area contributed by atoms with Gasteiger partial charge in [0.25, 0.3) is 10.0 Å². The van der Waals surface area contributed by atoms with E-state index in [2.05, 4.69) is 9.71 Å². The molecule has 21 heavy (non-hydrogen) atoms. The summed E-state index contributed by atoms with van der Waals surface area (Å²) < 4.78 is 40.5. The Kier molecular flexibility index (Phi) is 4.60. The van der Waals surface area contributed by atoms with Gasteiger partial charge in [-0.05, 0) is 31.0 Å². The van der Waals surface area contributed by atoms with E-state index in [9.17, 15) is 12.8 Å². The van der Waals surface area contributed by atoms with Crippen LogP contribution in [0.1, 0.15) is 23.1 Å². The van der Waals surface area contributed by atoms with E-state index in [4.69, 9.17) is 5.73 Å². The number of nitrogens with two attached hydrogens (primary N) is 1. The van der Waals surface area contributed by atoms with Crippen LogP contribution in [0.2, 0.25) is 0 Å². The average molecular weight is 329 g/mol. The van der Waals surface area contributed by atoms with E-state index in [1.54, 1.807) is 0 Å². The number of hydrogen-bond donors (Lipinski definition) is 2. The Bertz CT molecular complexity index is 757. The van der Waals surface area contributed by atoms with Gasteiger partial charge < -0.3 is 5.73 Å². The first-order valence-electron chi connectivity index (χ1n) is 6.35. The highest BCUT2D eigenvalue weighted by atomic mass is 32.2. The van der Waals surface area contributed by atoms with Gasteiger partial charge in [-0.25, -0.2) is 17.8 Å². The minimum atomic E-state index is -3.91. The van der Waals surface area contributed by atoms with Crippen LogP contribution in [0.3, 0.4) is 0 Å². The summed E-state index contributed by atoms with van der Waals surface area (Å²) in [5, 5.41) is 0.275. The zero-order valence-electron chi connectivity index (χ0n) is 11.7. The number of nitrogens with one attached hydrogen (secondary N) is 1. The Hall–Kier alpha value is -1.51. The zero-order valence-corrected chi connectivity index (χ0v) is 13.3. The summed E-state index contributed by atoms with van der Waals surface area (Å²) >= 11 is 1.25. The number of nitrogens with zero attached hydrogens (tertiary/aromatic N) is 1. The number of aromatic nitrogens is 1. The molecule has 1 aromatic carbocycles. The molecule has 2 aromatic rings. The molecule has 0 aliphatic heterocycles. The number of benzene rings is 1. The molecule has 0 atom stereocenters. The van der Waals surface area contributed by atoms with Crippen molar-refractivity contribution >= 4 is 26.5 Å². The van der Waals surface area contributed by atoms with E-state index in [1.807, 2.05) is 13.8 Å². The first-order chi connectivity index (χ1) is 9.87. The minimum absolute atomic E-state index is 0.00757. The molecule has 0 spiro atoms. The van der Waals surface area contributed by atoms with Crippen molar-refractivity contribution < 1.29 is 12.8 Å². The van der Waals surface area contributed by atoms with Crippen LogP contribution in [0.4, 0.5) is 9.52 Å². The van der Waals surface area contributed by atoms with Crippen LogP contribution >= 0.6 is 11.3 Å². The zero-order chi connectivity index (χ0) is 15.6. The Morgan fingerprint density at radius 1 is 1.43 bits per heavy atom. The molecule has 0 aliphatic rings. The Balaban J connectivity index is 2.40. The standard InChI is InChI=1S/C13H16FN3O2S2/c1-3-11-8(2)20-13(16-11)17-21(18,19)12-6-10(14)5-4-9(12)7-15/h4-6H,3,7,15H2,1-2H3,(H,16,17). The van der Waals surface area contributed by atoms with Gasteiger partial charge in [0.1, 0.15) is 5.82 Å². The lowest BCUT2D eigenvalue weighted by atomic mass is 10.2. The molecule has 0 saturated heterocycles. The number of rotatable bonds is 5. The van der Waals surface area contributed by atoms with Crippen LogP contribution in [-0.4, -0.2) is 13.4 Å². The van der Waals surface area contributed by atoms with Gasteiger partial charge in [-0.15, -0.1) is 11.3 Å². The monoisotopic (exact) mass is 329 g/mol. The fourth-order valence-corrected chi connectivity index (χ4v) is 4.32. The quantitative estimate of drug-likeness (QED) is 0.882. The fourth-order valence-electron chi connectivity index (χ4n) is 1.92. The topological polar surface area (TPSA) is 85.1 Å². The average Bonchev–Trinajstić information content (AvgIpc) is 2.77. The summed E-state index contributed by atoms with van der Waals surface area (Å²) in [4.78, 5) is 5.02. The van der Waals surface area contributed by atoms with Crippen molar-refractivity contribution in [3.8, 4) is 0 Å². The van der Waals surface area contributed by atoms with Crippen LogP contribution in [0.25, 0.3) is 0 Å². The van der Waals surface area contributed by atoms with E-state index >= 15 is 0 Å². The molecule has 0 saturated carbocycles. The molecule has 1 heterocycles. The molecule has 0 fully saturated rings. The van der Waals surface area contributed by atoms with Crippen LogP contribution in [-0.2, 0) is 23.0 Å². The molecule has 3 N–H and O–H groups in total.